The Morgan fingerprint density at radius 3 is 0.387 bits per heavy atom. The third kappa shape index (κ3) is 59.5. The van der Waals surface area contributed by atoms with Gasteiger partial charge in [0.2, 0.25) is 0 Å². The summed E-state index contributed by atoms with van der Waals surface area (Å²) in [4.78, 5) is 0. The van der Waals surface area contributed by atoms with Crippen LogP contribution in [-0.4, -0.2) is 172 Å². The lowest BCUT2D eigenvalue weighted by Crippen LogP contribution is -2.15. The van der Waals surface area contributed by atoms with Crippen molar-refractivity contribution < 1.29 is 61.6 Å². The first-order chi connectivity index (χ1) is 30.9. The van der Waals surface area contributed by atoms with E-state index in [-0.39, 0.29) is 0 Å². The summed E-state index contributed by atoms with van der Waals surface area (Å²) in [6.45, 7) is 19.4. The maximum absolute atomic E-state index is 5.69. The third-order valence-electron chi connectivity index (χ3n) is 10.00. The van der Waals surface area contributed by atoms with Gasteiger partial charge in [-0.05, 0) is 12.8 Å². The fraction of sp³-hybridized carbons (Fsp3) is 1.00. The second-order valence-electron chi connectivity index (χ2n) is 15.7. The van der Waals surface area contributed by atoms with Gasteiger partial charge < -0.3 is 61.6 Å². The highest BCUT2D eigenvalue weighted by Gasteiger charge is 1.99. The van der Waals surface area contributed by atoms with Gasteiger partial charge in [-0.2, -0.15) is 0 Å². The Morgan fingerprint density at radius 1 is 0.129 bits per heavy atom. The molecular weight excluding hydrogens is 797 g/mol. The van der Waals surface area contributed by atoms with Gasteiger partial charge in [0.15, 0.2) is 0 Å². The minimum atomic E-state index is 0.518. The average molecular weight is 897 g/mol. The highest BCUT2D eigenvalue weighted by Crippen LogP contribution is 2.12. The zero-order valence-electron chi connectivity index (χ0n) is 40.5. The van der Waals surface area contributed by atoms with E-state index < -0.39 is 0 Å². The summed E-state index contributed by atoms with van der Waals surface area (Å²) in [6.07, 6.45) is 28.3. The summed E-state index contributed by atoms with van der Waals surface area (Å²) in [7, 11) is 0. The summed E-state index contributed by atoms with van der Waals surface area (Å²) in [5, 5.41) is 0. The second kappa shape index (κ2) is 60.5. The lowest BCUT2D eigenvalue weighted by molar-refractivity contribution is -0.0290. The fourth-order valence-corrected chi connectivity index (χ4v) is 6.30. The summed E-state index contributed by atoms with van der Waals surface area (Å²) in [5.41, 5.74) is 0. The first-order valence-corrected chi connectivity index (χ1v) is 25.4. The van der Waals surface area contributed by atoms with Gasteiger partial charge in [-0.25, -0.2) is 0 Å². The van der Waals surface area contributed by atoms with E-state index in [0.717, 1.165) is 26.1 Å². The average Bonchev–Trinajstić information content (AvgIpc) is 3.28. The largest absolute Gasteiger partial charge is 0.379 e. The number of rotatable bonds is 59. The highest BCUT2D eigenvalue weighted by molar-refractivity contribution is 4.50. The molecule has 0 aromatic carbocycles. The molecule has 0 spiro atoms. The maximum atomic E-state index is 5.69. The van der Waals surface area contributed by atoms with Crippen LogP contribution in [0.5, 0.6) is 0 Å². The van der Waals surface area contributed by atoms with E-state index >= 15 is 0 Å². The fourth-order valence-electron chi connectivity index (χ4n) is 6.30. The number of hydrogen-bond donors (Lipinski definition) is 0. The van der Waals surface area contributed by atoms with E-state index in [1.807, 2.05) is 0 Å². The molecule has 0 unspecified atom stereocenters. The molecule has 0 aliphatic carbocycles. The molecule has 0 N–H and O–H groups in total. The van der Waals surface area contributed by atoms with Crippen LogP contribution in [0.1, 0.15) is 149 Å². The highest BCUT2D eigenvalue weighted by atomic mass is 16.6. The van der Waals surface area contributed by atoms with E-state index in [9.17, 15) is 0 Å². The van der Waals surface area contributed by atoms with Crippen molar-refractivity contribution in [2.75, 3.05) is 172 Å². The Hall–Kier alpha value is -0.520. The quantitative estimate of drug-likeness (QED) is 0.0540. The molecule has 0 rings (SSSR count). The zero-order valence-corrected chi connectivity index (χ0v) is 40.5. The van der Waals surface area contributed by atoms with E-state index in [2.05, 4.69) is 13.8 Å². The van der Waals surface area contributed by atoms with Gasteiger partial charge >= 0.3 is 0 Å². The van der Waals surface area contributed by atoms with E-state index in [4.69, 9.17) is 61.6 Å². The molecule has 0 radical (unpaired) electrons. The molecule has 0 bridgehead atoms. The van der Waals surface area contributed by atoms with Crippen molar-refractivity contribution in [2.45, 2.75) is 149 Å². The van der Waals surface area contributed by atoms with Crippen molar-refractivity contribution in [1.82, 2.24) is 0 Å². The van der Waals surface area contributed by atoms with Gasteiger partial charge in [0, 0.05) is 13.2 Å². The molecule has 0 fully saturated rings. The molecule has 0 aromatic rings. The minimum Gasteiger partial charge on any atom is -0.379 e. The summed E-state index contributed by atoms with van der Waals surface area (Å²) >= 11 is 0. The van der Waals surface area contributed by atoms with Gasteiger partial charge in [0.25, 0.3) is 0 Å². The first kappa shape index (κ1) is 61.5. The molecule has 62 heavy (non-hydrogen) atoms. The first-order valence-electron chi connectivity index (χ1n) is 25.4. The van der Waals surface area contributed by atoms with Gasteiger partial charge in [-0.15, -0.1) is 0 Å². The van der Waals surface area contributed by atoms with Crippen molar-refractivity contribution in [3.63, 3.8) is 0 Å². The van der Waals surface area contributed by atoms with Gasteiger partial charge in [-0.1, -0.05) is 136 Å². The SMILES string of the molecule is CCCCCCCCCCCCCCCOCCOCCOCCOCCOCCOCCOCCOCCOCCOCCOCCOCCOCCCCCCCCCC. The molecule has 0 saturated heterocycles. The van der Waals surface area contributed by atoms with Crippen molar-refractivity contribution in [3.05, 3.63) is 0 Å². The van der Waals surface area contributed by atoms with Crippen LogP contribution in [0.4, 0.5) is 0 Å². The maximum Gasteiger partial charge on any atom is 0.0701 e. The van der Waals surface area contributed by atoms with Gasteiger partial charge in [0.05, 0.1) is 159 Å². The Bertz CT molecular complexity index is 695. The van der Waals surface area contributed by atoms with E-state index in [0.29, 0.717) is 159 Å². The molecule has 13 nitrogen and oxygen atoms in total. The normalized spacial score (nSPS) is 11.7. The number of ether oxygens (including phenoxy) is 13. The van der Waals surface area contributed by atoms with Crippen LogP contribution in [0.3, 0.4) is 0 Å². The van der Waals surface area contributed by atoms with Gasteiger partial charge in [-0.3, -0.25) is 0 Å². The Balaban J connectivity index is 3.06. The van der Waals surface area contributed by atoms with Crippen molar-refractivity contribution in [2.24, 2.45) is 0 Å². The number of unbranched alkanes of at least 4 members (excludes halogenated alkanes) is 19. The monoisotopic (exact) mass is 897 g/mol. The number of hydrogen-bond acceptors (Lipinski definition) is 13. The molecule has 0 amide bonds. The smallest absolute Gasteiger partial charge is 0.0701 e. The van der Waals surface area contributed by atoms with Gasteiger partial charge in [0.1, 0.15) is 0 Å². The summed E-state index contributed by atoms with van der Waals surface area (Å²) in [5.74, 6) is 0. The van der Waals surface area contributed by atoms with Crippen molar-refractivity contribution in [1.29, 1.82) is 0 Å². The Morgan fingerprint density at radius 2 is 0.242 bits per heavy atom. The predicted octanol–water partition coefficient (Wildman–Crippen LogP) is 9.43. The molecule has 0 heterocycles. The summed E-state index contributed by atoms with van der Waals surface area (Å²) < 4.78 is 72.3. The standard InChI is InChI=1S/C49H100O13/c1-3-5-7-9-11-13-14-15-16-17-19-21-23-25-51-27-29-53-31-33-55-35-37-57-39-41-59-43-45-61-47-49-62-48-46-60-44-42-58-40-38-56-36-34-54-32-30-52-28-26-50-24-22-20-18-12-10-8-6-4-2/h3-49H2,1-2H3. The molecule has 374 valence electrons. The van der Waals surface area contributed by atoms with Crippen LogP contribution in [0.2, 0.25) is 0 Å². The van der Waals surface area contributed by atoms with Crippen LogP contribution in [-0.2, 0) is 61.6 Å². The van der Waals surface area contributed by atoms with Crippen LogP contribution in [0, 0.1) is 0 Å². The summed E-state index contributed by atoms with van der Waals surface area (Å²) in [6, 6.07) is 0. The molecule has 0 aliphatic rings. The molecule has 0 atom stereocenters. The van der Waals surface area contributed by atoms with Crippen LogP contribution in [0.25, 0.3) is 0 Å². The minimum absolute atomic E-state index is 0.518. The predicted molar refractivity (Wildman–Crippen MR) is 249 cm³/mol. The molecule has 0 aromatic heterocycles. The lowest BCUT2D eigenvalue weighted by atomic mass is 10.0. The second-order valence-corrected chi connectivity index (χ2v) is 15.7. The lowest BCUT2D eigenvalue weighted by Gasteiger charge is -2.09. The molecule has 0 saturated carbocycles. The Kier molecular flexibility index (Phi) is 60.0. The zero-order chi connectivity index (χ0) is 44.4. The van der Waals surface area contributed by atoms with E-state index in [1.54, 1.807) is 0 Å². The third-order valence-corrected chi connectivity index (χ3v) is 10.00. The molecule has 0 aliphatic heterocycles. The van der Waals surface area contributed by atoms with Crippen LogP contribution >= 0.6 is 0 Å². The van der Waals surface area contributed by atoms with E-state index in [1.165, 1.54) is 122 Å². The van der Waals surface area contributed by atoms with Crippen molar-refractivity contribution in [3.8, 4) is 0 Å². The Labute approximate surface area is 381 Å². The molecule has 13 heteroatoms. The van der Waals surface area contributed by atoms with Crippen LogP contribution in [0.15, 0.2) is 0 Å². The van der Waals surface area contributed by atoms with Crippen LogP contribution < -0.4 is 0 Å². The molecular formula is C49H100O13. The topological polar surface area (TPSA) is 120 Å². The van der Waals surface area contributed by atoms with Crippen molar-refractivity contribution >= 4 is 0 Å².